The van der Waals surface area contributed by atoms with E-state index >= 15 is 0 Å². The molecule has 0 radical (unpaired) electrons. The molecule has 138 valence electrons. The zero-order chi connectivity index (χ0) is 18.8. The average molecular weight is 355 g/mol. The number of hydrogen-bond donors (Lipinski definition) is 1. The van der Waals surface area contributed by atoms with Crippen LogP contribution in [0.2, 0.25) is 0 Å². The first-order chi connectivity index (χ1) is 12.5. The first-order valence-electron chi connectivity index (χ1n) is 8.81. The lowest BCUT2D eigenvalue weighted by molar-refractivity contribution is -0.126. The van der Waals surface area contributed by atoms with Gasteiger partial charge in [0, 0.05) is 13.1 Å². The van der Waals surface area contributed by atoms with Crippen LogP contribution < -0.4 is 10.1 Å². The molecule has 3 amide bonds. The van der Waals surface area contributed by atoms with Crippen molar-refractivity contribution in [3.63, 3.8) is 0 Å². The second kappa shape index (κ2) is 7.23. The molecule has 1 aromatic rings. The molecule has 0 fully saturated rings. The molecule has 3 rings (SSSR count). The Morgan fingerprint density at radius 2 is 2.15 bits per heavy atom. The van der Waals surface area contributed by atoms with Crippen LogP contribution >= 0.6 is 0 Å². The molecule has 1 atom stereocenters. The summed E-state index contributed by atoms with van der Waals surface area (Å²) in [6, 6.07) is 6.78. The summed E-state index contributed by atoms with van der Waals surface area (Å²) in [6.07, 6.45) is 1.67. The van der Waals surface area contributed by atoms with Gasteiger partial charge in [-0.05, 0) is 23.6 Å². The SMILES string of the molecule is C=CCN1C(=O)NC(c2cccc(OC)c2)C2=C1CN(CC(C)C)C2=O. The van der Waals surface area contributed by atoms with Crippen molar-refractivity contribution < 1.29 is 14.3 Å². The van der Waals surface area contributed by atoms with Gasteiger partial charge >= 0.3 is 6.03 Å². The highest BCUT2D eigenvalue weighted by atomic mass is 16.5. The molecule has 0 aliphatic carbocycles. The maximum Gasteiger partial charge on any atom is 0.322 e. The highest BCUT2D eigenvalue weighted by Gasteiger charge is 2.43. The van der Waals surface area contributed by atoms with Gasteiger partial charge in [0.25, 0.3) is 5.91 Å². The van der Waals surface area contributed by atoms with Crippen molar-refractivity contribution in [2.24, 2.45) is 5.92 Å². The summed E-state index contributed by atoms with van der Waals surface area (Å²) in [4.78, 5) is 29.2. The quantitative estimate of drug-likeness (QED) is 0.798. The monoisotopic (exact) mass is 355 g/mol. The molecule has 0 bridgehead atoms. The molecule has 1 aromatic carbocycles. The predicted molar refractivity (Wildman–Crippen MR) is 99.6 cm³/mol. The minimum atomic E-state index is -0.474. The lowest BCUT2D eigenvalue weighted by atomic mass is 9.95. The van der Waals surface area contributed by atoms with Crippen molar-refractivity contribution in [2.45, 2.75) is 19.9 Å². The fourth-order valence-electron chi connectivity index (χ4n) is 3.53. The molecule has 26 heavy (non-hydrogen) atoms. The van der Waals surface area contributed by atoms with Crippen LogP contribution in [0.15, 0.2) is 48.2 Å². The molecule has 2 aliphatic heterocycles. The number of methoxy groups -OCH3 is 1. The van der Waals surface area contributed by atoms with E-state index in [1.54, 1.807) is 18.1 Å². The van der Waals surface area contributed by atoms with E-state index in [1.165, 1.54) is 0 Å². The van der Waals surface area contributed by atoms with E-state index in [-0.39, 0.29) is 11.9 Å². The Kier molecular flexibility index (Phi) is 5.02. The van der Waals surface area contributed by atoms with Gasteiger partial charge in [-0.15, -0.1) is 6.58 Å². The molecule has 2 aliphatic rings. The van der Waals surface area contributed by atoms with Gasteiger partial charge in [0.15, 0.2) is 0 Å². The van der Waals surface area contributed by atoms with Crippen LogP contribution in [0.5, 0.6) is 5.75 Å². The molecular formula is C20H25N3O3. The number of rotatable bonds is 6. The minimum Gasteiger partial charge on any atom is -0.497 e. The first kappa shape index (κ1) is 18.0. The summed E-state index contributed by atoms with van der Waals surface area (Å²) >= 11 is 0. The zero-order valence-corrected chi connectivity index (χ0v) is 15.5. The van der Waals surface area contributed by atoms with E-state index in [9.17, 15) is 9.59 Å². The van der Waals surface area contributed by atoms with Gasteiger partial charge in [-0.1, -0.05) is 32.1 Å². The smallest absolute Gasteiger partial charge is 0.322 e. The van der Waals surface area contributed by atoms with E-state index in [2.05, 4.69) is 25.7 Å². The molecule has 6 heteroatoms. The first-order valence-corrected chi connectivity index (χ1v) is 8.81. The van der Waals surface area contributed by atoms with Crippen LogP contribution in [0.1, 0.15) is 25.5 Å². The van der Waals surface area contributed by atoms with Crippen molar-refractivity contribution in [3.8, 4) is 5.75 Å². The van der Waals surface area contributed by atoms with Gasteiger partial charge in [0.2, 0.25) is 0 Å². The topological polar surface area (TPSA) is 61.9 Å². The van der Waals surface area contributed by atoms with Gasteiger partial charge in [-0.2, -0.15) is 0 Å². The molecular weight excluding hydrogens is 330 g/mol. The Bertz CT molecular complexity index is 769. The molecule has 1 N–H and O–H groups in total. The van der Waals surface area contributed by atoms with Gasteiger partial charge in [0.05, 0.1) is 31.0 Å². The summed E-state index contributed by atoms with van der Waals surface area (Å²) in [6.45, 7) is 9.37. The maximum atomic E-state index is 13.1. The van der Waals surface area contributed by atoms with Gasteiger partial charge in [-0.3, -0.25) is 9.69 Å². The number of ether oxygens (including phenoxy) is 1. The number of carbonyl (C=O) groups is 2. The largest absolute Gasteiger partial charge is 0.497 e. The fourth-order valence-corrected chi connectivity index (χ4v) is 3.53. The third-order valence-corrected chi connectivity index (χ3v) is 4.62. The minimum absolute atomic E-state index is 0.0180. The van der Waals surface area contributed by atoms with Crippen LogP contribution in [-0.4, -0.2) is 48.5 Å². The third kappa shape index (κ3) is 3.19. The molecule has 0 saturated carbocycles. The number of urea groups is 1. The fraction of sp³-hybridized carbons (Fsp3) is 0.400. The molecule has 2 heterocycles. The highest BCUT2D eigenvalue weighted by Crippen LogP contribution is 2.37. The predicted octanol–water partition coefficient (Wildman–Crippen LogP) is 2.70. The Hall–Kier alpha value is -2.76. The summed E-state index contributed by atoms with van der Waals surface area (Å²) in [5.74, 6) is 1.03. The van der Waals surface area contributed by atoms with E-state index in [1.807, 2.05) is 29.2 Å². The Balaban J connectivity index is 2.04. The van der Waals surface area contributed by atoms with Gasteiger partial charge in [0.1, 0.15) is 5.75 Å². The van der Waals surface area contributed by atoms with Gasteiger partial charge in [-0.25, -0.2) is 4.79 Å². The van der Waals surface area contributed by atoms with Crippen molar-refractivity contribution in [1.29, 1.82) is 0 Å². The van der Waals surface area contributed by atoms with Crippen LogP contribution in [0.3, 0.4) is 0 Å². The number of carbonyl (C=O) groups excluding carboxylic acids is 2. The number of nitrogens with one attached hydrogen (secondary N) is 1. The summed E-state index contributed by atoms with van der Waals surface area (Å²) in [5, 5.41) is 2.97. The van der Waals surface area contributed by atoms with Crippen LogP contribution in [0, 0.1) is 5.92 Å². The average Bonchev–Trinajstić information content (AvgIpc) is 2.93. The number of hydrogen-bond acceptors (Lipinski definition) is 3. The second-order valence-corrected chi connectivity index (χ2v) is 7.00. The van der Waals surface area contributed by atoms with E-state index < -0.39 is 6.04 Å². The molecule has 0 aromatic heterocycles. The van der Waals surface area contributed by atoms with E-state index in [4.69, 9.17) is 4.74 Å². The molecule has 0 spiro atoms. The summed E-state index contributed by atoms with van der Waals surface area (Å²) < 4.78 is 5.30. The Morgan fingerprint density at radius 3 is 2.81 bits per heavy atom. The lowest BCUT2D eigenvalue weighted by Gasteiger charge is -2.33. The number of amides is 3. The van der Waals surface area contributed by atoms with Gasteiger partial charge < -0.3 is 15.0 Å². The Morgan fingerprint density at radius 1 is 1.38 bits per heavy atom. The van der Waals surface area contributed by atoms with Crippen molar-refractivity contribution in [2.75, 3.05) is 26.7 Å². The van der Waals surface area contributed by atoms with Crippen LogP contribution in [0.25, 0.3) is 0 Å². The molecule has 6 nitrogen and oxygen atoms in total. The molecule has 0 saturated heterocycles. The number of nitrogens with zero attached hydrogens (tertiary/aromatic N) is 2. The number of benzene rings is 1. The lowest BCUT2D eigenvalue weighted by Crippen LogP contribution is -2.47. The van der Waals surface area contributed by atoms with Crippen molar-refractivity contribution in [3.05, 3.63) is 53.8 Å². The summed E-state index contributed by atoms with van der Waals surface area (Å²) in [5.41, 5.74) is 2.25. The van der Waals surface area contributed by atoms with Crippen molar-refractivity contribution in [1.82, 2.24) is 15.1 Å². The Labute approximate surface area is 154 Å². The van der Waals surface area contributed by atoms with Crippen LogP contribution in [0.4, 0.5) is 4.79 Å². The maximum absolute atomic E-state index is 13.1. The highest BCUT2D eigenvalue weighted by molar-refractivity contribution is 6.01. The zero-order valence-electron chi connectivity index (χ0n) is 15.5. The standard InChI is InChI=1S/C20H25N3O3/c1-5-9-23-16-12-22(11-13(2)3)19(24)17(16)18(21-20(23)25)14-7-6-8-15(10-14)26-4/h5-8,10,13,18H,1,9,11-12H2,2-4H3,(H,21,25). The van der Waals surface area contributed by atoms with E-state index in [0.29, 0.717) is 36.9 Å². The third-order valence-electron chi connectivity index (χ3n) is 4.62. The van der Waals surface area contributed by atoms with E-state index in [0.717, 1.165) is 11.3 Å². The van der Waals surface area contributed by atoms with Crippen LogP contribution in [-0.2, 0) is 4.79 Å². The second-order valence-electron chi connectivity index (χ2n) is 7.00. The normalized spacial score (nSPS) is 19.8. The molecule has 1 unspecified atom stereocenters. The van der Waals surface area contributed by atoms with Crippen molar-refractivity contribution >= 4 is 11.9 Å². The summed E-state index contributed by atoms with van der Waals surface area (Å²) in [7, 11) is 1.60.